The van der Waals surface area contributed by atoms with Crippen LogP contribution in [0.15, 0.2) is 23.2 Å². The van der Waals surface area contributed by atoms with E-state index in [1.807, 2.05) is 7.05 Å². The normalized spacial score (nSPS) is 28.7. The molecule has 0 amide bonds. The molecule has 2 aliphatic heterocycles. The highest BCUT2D eigenvalue weighted by atomic mass is 35.5. The molecule has 19 heavy (non-hydrogen) atoms. The van der Waals surface area contributed by atoms with Crippen LogP contribution in [-0.2, 0) is 10.0 Å². The first-order chi connectivity index (χ1) is 8.98. The number of hydrogen-bond acceptors (Lipinski definition) is 4. The summed E-state index contributed by atoms with van der Waals surface area (Å²) < 4.78 is 26.9. The predicted octanol–water partition coefficient (Wildman–Crippen LogP) is 1.06. The first-order valence-corrected chi connectivity index (χ1v) is 8.12. The van der Waals surface area contributed by atoms with Crippen molar-refractivity contribution in [3.8, 4) is 0 Å². The molecule has 104 valence electrons. The number of pyridine rings is 1. The fraction of sp³-hybridized carbons (Fsp3) is 0.583. The first kappa shape index (κ1) is 13.3. The van der Waals surface area contributed by atoms with E-state index in [0.717, 1.165) is 19.5 Å². The van der Waals surface area contributed by atoms with Crippen LogP contribution >= 0.6 is 11.6 Å². The molecule has 1 aromatic rings. The van der Waals surface area contributed by atoms with Crippen LogP contribution in [0.1, 0.15) is 6.42 Å². The van der Waals surface area contributed by atoms with Crippen LogP contribution in [0.5, 0.6) is 0 Å². The number of rotatable bonds is 2. The molecule has 2 atom stereocenters. The highest BCUT2D eigenvalue weighted by Gasteiger charge is 2.45. The zero-order chi connectivity index (χ0) is 13.6. The second-order valence-corrected chi connectivity index (χ2v) is 7.55. The molecule has 7 heteroatoms. The van der Waals surface area contributed by atoms with E-state index in [-0.39, 0.29) is 10.9 Å². The van der Waals surface area contributed by atoms with Crippen LogP contribution in [0.4, 0.5) is 0 Å². The van der Waals surface area contributed by atoms with Gasteiger partial charge in [0.05, 0.1) is 0 Å². The van der Waals surface area contributed by atoms with Crippen LogP contribution in [0, 0.1) is 5.92 Å². The maximum absolute atomic E-state index is 12.6. The third-order valence-electron chi connectivity index (χ3n) is 3.99. The third-order valence-corrected chi connectivity index (χ3v) is 6.12. The van der Waals surface area contributed by atoms with E-state index >= 15 is 0 Å². The molecule has 2 aliphatic rings. The van der Waals surface area contributed by atoms with Gasteiger partial charge < -0.3 is 4.90 Å². The highest BCUT2D eigenvalue weighted by molar-refractivity contribution is 7.89. The highest BCUT2D eigenvalue weighted by Crippen LogP contribution is 2.34. The number of likely N-dealkylation sites (tertiary alicyclic amines) is 1. The Bertz CT molecular complexity index is 575. The third kappa shape index (κ3) is 2.27. The Kier molecular flexibility index (Phi) is 3.29. The van der Waals surface area contributed by atoms with Gasteiger partial charge in [-0.15, -0.1) is 0 Å². The van der Waals surface area contributed by atoms with Crippen molar-refractivity contribution < 1.29 is 8.42 Å². The summed E-state index contributed by atoms with van der Waals surface area (Å²) in [5.74, 6) is 0.458. The van der Waals surface area contributed by atoms with Gasteiger partial charge in [0.1, 0.15) is 10.0 Å². The standard InChI is InChI=1S/C12H16ClN3O2S/c1-15-7-9-4-5-16(11(9)8-15)19(17,18)10-2-3-12(13)14-6-10/h2-3,6,9,11H,4-5,7-8H2,1H3/t9-,11+/m0/s1. The van der Waals surface area contributed by atoms with Crippen LogP contribution in [0.2, 0.25) is 5.15 Å². The number of sulfonamides is 1. The van der Waals surface area contributed by atoms with Gasteiger partial charge in [-0.2, -0.15) is 4.31 Å². The molecular weight excluding hydrogens is 286 g/mol. The van der Waals surface area contributed by atoms with E-state index in [1.54, 1.807) is 4.31 Å². The summed E-state index contributed by atoms with van der Waals surface area (Å²) in [7, 11) is -1.41. The molecular formula is C12H16ClN3O2S. The van der Waals surface area contributed by atoms with Gasteiger partial charge in [0, 0.05) is 31.9 Å². The zero-order valence-electron chi connectivity index (χ0n) is 10.7. The molecule has 0 radical (unpaired) electrons. The summed E-state index contributed by atoms with van der Waals surface area (Å²) in [6, 6.07) is 3.14. The molecule has 0 spiro atoms. The fourth-order valence-corrected chi connectivity index (χ4v) is 4.83. The number of aromatic nitrogens is 1. The minimum atomic E-state index is -3.45. The molecule has 0 unspecified atom stereocenters. The largest absolute Gasteiger partial charge is 0.304 e. The lowest BCUT2D eigenvalue weighted by molar-refractivity contribution is 0.337. The Hall–Kier alpha value is -0.690. The maximum Gasteiger partial charge on any atom is 0.244 e. The van der Waals surface area contributed by atoms with Crippen LogP contribution in [-0.4, -0.2) is 55.3 Å². The van der Waals surface area contributed by atoms with E-state index in [9.17, 15) is 8.42 Å². The Morgan fingerprint density at radius 2 is 2.16 bits per heavy atom. The number of likely N-dealkylation sites (N-methyl/N-ethyl adjacent to an activating group) is 1. The first-order valence-electron chi connectivity index (χ1n) is 6.30. The lowest BCUT2D eigenvalue weighted by Crippen LogP contribution is -2.39. The number of fused-ring (bicyclic) bond motifs is 1. The number of nitrogens with zero attached hydrogens (tertiary/aromatic N) is 3. The molecule has 3 rings (SSSR count). The molecule has 1 aromatic heterocycles. The van der Waals surface area contributed by atoms with Crippen LogP contribution < -0.4 is 0 Å². The van der Waals surface area contributed by atoms with Gasteiger partial charge in [-0.1, -0.05) is 11.6 Å². The van der Waals surface area contributed by atoms with E-state index < -0.39 is 10.0 Å². The number of hydrogen-bond donors (Lipinski definition) is 0. The summed E-state index contributed by atoms with van der Waals surface area (Å²) >= 11 is 5.70. The second kappa shape index (κ2) is 4.70. The van der Waals surface area contributed by atoms with Gasteiger partial charge in [0.15, 0.2) is 0 Å². The second-order valence-electron chi connectivity index (χ2n) is 5.27. The monoisotopic (exact) mass is 301 g/mol. The van der Waals surface area contributed by atoms with Gasteiger partial charge in [-0.05, 0) is 31.5 Å². The zero-order valence-corrected chi connectivity index (χ0v) is 12.2. The minimum absolute atomic E-state index is 0.102. The fourth-order valence-electron chi connectivity index (χ4n) is 3.08. The Morgan fingerprint density at radius 1 is 1.37 bits per heavy atom. The van der Waals surface area contributed by atoms with Gasteiger partial charge >= 0.3 is 0 Å². The summed E-state index contributed by atoms with van der Waals surface area (Å²) in [6.45, 7) is 2.40. The minimum Gasteiger partial charge on any atom is -0.304 e. The topological polar surface area (TPSA) is 53.5 Å². The molecule has 2 fully saturated rings. The van der Waals surface area contributed by atoms with Crippen LogP contribution in [0.25, 0.3) is 0 Å². The molecule has 3 heterocycles. The smallest absolute Gasteiger partial charge is 0.244 e. The number of halogens is 1. The van der Waals surface area contributed by atoms with Gasteiger partial charge in [0.25, 0.3) is 0 Å². The lowest BCUT2D eigenvalue weighted by Gasteiger charge is -2.23. The quantitative estimate of drug-likeness (QED) is 0.767. The Morgan fingerprint density at radius 3 is 2.84 bits per heavy atom. The average molecular weight is 302 g/mol. The van der Waals surface area contributed by atoms with Crippen molar-refractivity contribution in [2.45, 2.75) is 17.4 Å². The average Bonchev–Trinajstić information content (AvgIpc) is 2.88. The molecule has 5 nitrogen and oxygen atoms in total. The van der Waals surface area contributed by atoms with E-state index in [1.165, 1.54) is 18.3 Å². The molecule has 0 aromatic carbocycles. The van der Waals surface area contributed by atoms with E-state index in [2.05, 4.69) is 9.88 Å². The molecule has 0 aliphatic carbocycles. The molecule has 0 saturated carbocycles. The summed E-state index contributed by atoms with van der Waals surface area (Å²) in [6.07, 6.45) is 2.28. The Labute approximate surface area is 118 Å². The summed E-state index contributed by atoms with van der Waals surface area (Å²) in [4.78, 5) is 6.29. The van der Waals surface area contributed by atoms with Gasteiger partial charge in [-0.25, -0.2) is 13.4 Å². The van der Waals surface area contributed by atoms with Crippen molar-refractivity contribution in [1.29, 1.82) is 0 Å². The predicted molar refractivity (Wildman–Crippen MR) is 72.5 cm³/mol. The van der Waals surface area contributed by atoms with Crippen molar-refractivity contribution in [1.82, 2.24) is 14.2 Å². The SMILES string of the molecule is CN1C[C@@H]2CCN(S(=O)(=O)c3ccc(Cl)nc3)[C@@H]2C1. The van der Waals surface area contributed by atoms with Crippen molar-refractivity contribution in [2.24, 2.45) is 5.92 Å². The van der Waals surface area contributed by atoms with Crippen molar-refractivity contribution in [3.63, 3.8) is 0 Å². The molecule has 0 N–H and O–H groups in total. The van der Waals surface area contributed by atoms with Crippen molar-refractivity contribution in [3.05, 3.63) is 23.5 Å². The van der Waals surface area contributed by atoms with E-state index in [0.29, 0.717) is 17.6 Å². The Balaban J connectivity index is 1.91. The van der Waals surface area contributed by atoms with Crippen molar-refractivity contribution >= 4 is 21.6 Å². The van der Waals surface area contributed by atoms with Gasteiger partial charge in [-0.3, -0.25) is 0 Å². The van der Waals surface area contributed by atoms with Crippen LogP contribution in [0.3, 0.4) is 0 Å². The molecule has 0 bridgehead atoms. The van der Waals surface area contributed by atoms with E-state index in [4.69, 9.17) is 11.6 Å². The van der Waals surface area contributed by atoms with Crippen molar-refractivity contribution in [2.75, 3.05) is 26.7 Å². The maximum atomic E-state index is 12.6. The summed E-state index contributed by atoms with van der Waals surface area (Å²) in [5, 5.41) is 0.304. The molecule has 2 saturated heterocycles. The lowest BCUT2D eigenvalue weighted by atomic mass is 10.1. The summed E-state index contributed by atoms with van der Waals surface area (Å²) in [5.41, 5.74) is 0. The van der Waals surface area contributed by atoms with Gasteiger partial charge in [0.2, 0.25) is 10.0 Å².